The van der Waals surface area contributed by atoms with Crippen molar-refractivity contribution >= 4 is 29.9 Å². The molecule has 0 bridgehead atoms. The Labute approximate surface area is 185 Å². The molecule has 0 aliphatic carbocycles. The molecule has 2 N–H and O–H groups in total. The minimum absolute atomic E-state index is 0. The summed E-state index contributed by atoms with van der Waals surface area (Å²) < 4.78 is 5.80. The highest BCUT2D eigenvalue weighted by Crippen LogP contribution is 2.05. The molecule has 0 spiro atoms. The van der Waals surface area contributed by atoms with Crippen LogP contribution in [-0.4, -0.2) is 25.7 Å². The number of aliphatic imine (C=N–C) groups is 1. The maximum Gasteiger partial charge on any atom is 0.191 e. The van der Waals surface area contributed by atoms with E-state index < -0.39 is 0 Å². The Bertz CT molecular complexity index is 741. The van der Waals surface area contributed by atoms with E-state index in [0.29, 0.717) is 31.2 Å². The Morgan fingerprint density at radius 2 is 1.79 bits per heavy atom. The summed E-state index contributed by atoms with van der Waals surface area (Å²) in [5.41, 5.74) is 2.93. The van der Waals surface area contributed by atoms with Crippen molar-refractivity contribution in [1.82, 2.24) is 10.6 Å². The van der Waals surface area contributed by atoms with Crippen LogP contribution in [0.3, 0.4) is 0 Å². The van der Waals surface area contributed by atoms with Crippen molar-refractivity contribution < 1.29 is 4.74 Å². The van der Waals surface area contributed by atoms with E-state index in [0.717, 1.165) is 24.6 Å². The van der Waals surface area contributed by atoms with Crippen molar-refractivity contribution in [2.45, 2.75) is 27.0 Å². The molecule has 5 nitrogen and oxygen atoms in total. The van der Waals surface area contributed by atoms with Crippen LogP contribution in [0, 0.1) is 17.2 Å². The number of nitrogens with zero attached hydrogens (tertiary/aromatic N) is 2. The number of ether oxygens (including phenoxy) is 1. The summed E-state index contributed by atoms with van der Waals surface area (Å²) in [6.07, 6.45) is 0. The average Bonchev–Trinajstić information content (AvgIpc) is 2.71. The molecule has 0 fully saturated rings. The van der Waals surface area contributed by atoms with Crippen molar-refractivity contribution in [1.29, 1.82) is 5.26 Å². The molecule has 1 unspecified atom stereocenters. The van der Waals surface area contributed by atoms with Gasteiger partial charge < -0.3 is 15.4 Å². The molecule has 0 radical (unpaired) electrons. The van der Waals surface area contributed by atoms with Crippen molar-refractivity contribution in [2.75, 3.05) is 19.7 Å². The van der Waals surface area contributed by atoms with Crippen LogP contribution in [0.1, 0.15) is 30.5 Å². The van der Waals surface area contributed by atoms with Crippen LogP contribution in [0.2, 0.25) is 0 Å². The monoisotopic (exact) mass is 492 g/mol. The number of nitriles is 1. The number of benzene rings is 2. The first-order valence-electron chi connectivity index (χ1n) is 9.34. The van der Waals surface area contributed by atoms with E-state index in [2.05, 4.69) is 40.8 Å². The molecule has 2 aromatic rings. The Morgan fingerprint density at radius 3 is 2.43 bits per heavy atom. The number of nitrogens with one attached hydrogen (secondary N) is 2. The fourth-order valence-electron chi connectivity index (χ4n) is 2.48. The first kappa shape index (κ1) is 23.9. The van der Waals surface area contributed by atoms with E-state index in [-0.39, 0.29) is 24.0 Å². The van der Waals surface area contributed by atoms with Gasteiger partial charge in [0.2, 0.25) is 0 Å². The lowest BCUT2D eigenvalue weighted by atomic mass is 10.1. The van der Waals surface area contributed by atoms with Crippen LogP contribution in [0.15, 0.2) is 59.6 Å². The van der Waals surface area contributed by atoms with Gasteiger partial charge in [0.25, 0.3) is 0 Å². The lowest BCUT2D eigenvalue weighted by Gasteiger charge is -2.16. The number of rotatable bonds is 9. The van der Waals surface area contributed by atoms with Gasteiger partial charge in [0.15, 0.2) is 5.96 Å². The zero-order valence-electron chi connectivity index (χ0n) is 16.5. The Hall–Kier alpha value is -2.11. The summed E-state index contributed by atoms with van der Waals surface area (Å²) in [5.74, 6) is 1.16. The highest BCUT2D eigenvalue weighted by Gasteiger charge is 2.05. The molecule has 2 aromatic carbocycles. The topological polar surface area (TPSA) is 69.4 Å². The number of guanidine groups is 1. The maximum atomic E-state index is 8.86. The molecule has 0 saturated carbocycles. The third-order valence-corrected chi connectivity index (χ3v) is 3.98. The van der Waals surface area contributed by atoms with Gasteiger partial charge in [0, 0.05) is 13.1 Å². The van der Waals surface area contributed by atoms with Crippen LogP contribution >= 0.6 is 24.0 Å². The molecule has 0 amide bonds. The molecule has 0 aromatic heterocycles. The van der Waals surface area contributed by atoms with Crippen LogP contribution in [0.25, 0.3) is 0 Å². The Balaban J connectivity index is 0.00000392. The summed E-state index contributed by atoms with van der Waals surface area (Å²) >= 11 is 0. The van der Waals surface area contributed by atoms with Crippen LogP contribution in [0.5, 0.6) is 0 Å². The normalized spacial score (nSPS) is 11.8. The van der Waals surface area contributed by atoms with Gasteiger partial charge in [0.1, 0.15) is 0 Å². The van der Waals surface area contributed by atoms with Gasteiger partial charge in [-0.3, -0.25) is 0 Å². The van der Waals surface area contributed by atoms with E-state index in [1.165, 1.54) is 5.56 Å². The zero-order chi connectivity index (χ0) is 19.3. The fraction of sp³-hybridized carbons (Fsp3) is 0.364. The molecule has 0 saturated heterocycles. The third kappa shape index (κ3) is 9.20. The quantitative estimate of drug-likeness (QED) is 0.315. The lowest BCUT2D eigenvalue weighted by molar-refractivity contribution is 0.0931. The third-order valence-electron chi connectivity index (χ3n) is 3.98. The first-order valence-corrected chi connectivity index (χ1v) is 9.34. The average molecular weight is 492 g/mol. The predicted molar refractivity (Wildman–Crippen MR) is 125 cm³/mol. The molecule has 150 valence electrons. The summed E-state index contributed by atoms with van der Waals surface area (Å²) in [6, 6.07) is 19.8. The van der Waals surface area contributed by atoms with Crippen molar-refractivity contribution in [3.63, 3.8) is 0 Å². The summed E-state index contributed by atoms with van der Waals surface area (Å²) in [7, 11) is 0. The van der Waals surface area contributed by atoms with Gasteiger partial charge in [-0.1, -0.05) is 49.4 Å². The van der Waals surface area contributed by atoms with Gasteiger partial charge in [-0.25, -0.2) is 4.99 Å². The summed E-state index contributed by atoms with van der Waals surface area (Å²) in [6.45, 7) is 7.69. The molecule has 0 aliphatic heterocycles. The van der Waals surface area contributed by atoms with Crippen LogP contribution in [-0.2, 0) is 17.9 Å². The lowest BCUT2D eigenvalue weighted by Crippen LogP contribution is -2.40. The summed E-state index contributed by atoms with van der Waals surface area (Å²) in [5, 5.41) is 15.5. The van der Waals surface area contributed by atoms with Crippen LogP contribution in [0.4, 0.5) is 0 Å². The molecule has 0 heterocycles. The highest BCUT2D eigenvalue weighted by molar-refractivity contribution is 14.0. The van der Waals surface area contributed by atoms with Crippen molar-refractivity contribution in [3.05, 3.63) is 71.3 Å². The minimum atomic E-state index is 0. The van der Waals surface area contributed by atoms with Crippen molar-refractivity contribution in [2.24, 2.45) is 10.9 Å². The van der Waals surface area contributed by atoms with E-state index in [9.17, 15) is 0 Å². The number of hydrogen-bond acceptors (Lipinski definition) is 3. The maximum absolute atomic E-state index is 8.86. The second-order valence-corrected chi connectivity index (χ2v) is 6.49. The number of halogens is 1. The molecule has 6 heteroatoms. The molecule has 28 heavy (non-hydrogen) atoms. The molecule has 1 atom stereocenters. The number of hydrogen-bond donors (Lipinski definition) is 2. The highest BCUT2D eigenvalue weighted by atomic mass is 127. The molecule has 0 aliphatic rings. The summed E-state index contributed by atoms with van der Waals surface area (Å²) in [4.78, 5) is 4.61. The molecular formula is C22H29IN4O. The van der Waals surface area contributed by atoms with E-state index in [1.54, 1.807) is 0 Å². The smallest absolute Gasteiger partial charge is 0.191 e. The Kier molecular flexibility index (Phi) is 11.9. The first-order chi connectivity index (χ1) is 13.2. The second-order valence-electron chi connectivity index (χ2n) is 6.49. The fourth-order valence-corrected chi connectivity index (χ4v) is 2.48. The second kappa shape index (κ2) is 14.0. The predicted octanol–water partition coefficient (Wildman–Crippen LogP) is 4.08. The van der Waals surface area contributed by atoms with Gasteiger partial charge >= 0.3 is 0 Å². The largest absolute Gasteiger partial charge is 0.376 e. The van der Waals surface area contributed by atoms with Crippen molar-refractivity contribution in [3.8, 4) is 6.07 Å². The molecule has 2 rings (SSSR count). The van der Waals surface area contributed by atoms with Gasteiger partial charge in [-0.2, -0.15) is 5.26 Å². The minimum Gasteiger partial charge on any atom is -0.376 e. The molecular weight excluding hydrogens is 463 g/mol. The van der Waals surface area contributed by atoms with Gasteiger partial charge in [-0.05, 0) is 36.1 Å². The zero-order valence-corrected chi connectivity index (χ0v) is 18.9. The van der Waals surface area contributed by atoms with E-state index in [1.807, 2.05) is 49.4 Å². The standard InChI is InChI=1S/C22H28N4O.HI/c1-3-24-22(26-15-20-11-9-19(13-23)10-12-20)25-14-18(2)16-27-17-21-7-5-4-6-8-21;/h4-12,18H,3,14-17H2,1-2H3,(H2,24,25,26);1H. The van der Waals surface area contributed by atoms with E-state index in [4.69, 9.17) is 10.00 Å². The Morgan fingerprint density at radius 1 is 1.07 bits per heavy atom. The SMILES string of the molecule is CCNC(=NCc1ccc(C#N)cc1)NCC(C)COCc1ccccc1.I. The van der Waals surface area contributed by atoms with Gasteiger partial charge in [-0.15, -0.1) is 24.0 Å². The van der Waals surface area contributed by atoms with E-state index >= 15 is 0 Å². The van der Waals surface area contributed by atoms with Crippen LogP contribution < -0.4 is 10.6 Å². The van der Waals surface area contributed by atoms with Gasteiger partial charge in [0.05, 0.1) is 31.4 Å².